The molecule has 0 aliphatic rings. The molecule has 3 aromatic rings. The molecule has 3 rings (SSSR count). The Morgan fingerprint density at radius 2 is 1.66 bits per heavy atom. The van der Waals surface area contributed by atoms with E-state index in [2.05, 4.69) is 47.7 Å². The van der Waals surface area contributed by atoms with Crippen LogP contribution in [0.3, 0.4) is 0 Å². The van der Waals surface area contributed by atoms with Crippen LogP contribution in [0.25, 0.3) is 0 Å². The molecular weight excluding hydrogens is 582 g/mol. The molecule has 0 bridgehead atoms. The molecule has 0 atom stereocenters. The maximum atomic E-state index is 12.1. The van der Waals surface area contributed by atoms with Gasteiger partial charge >= 0.3 is 0 Å². The third kappa shape index (κ3) is 8.11. The van der Waals surface area contributed by atoms with E-state index in [4.69, 9.17) is 14.2 Å². The van der Waals surface area contributed by atoms with Gasteiger partial charge in [0.25, 0.3) is 0 Å². The summed E-state index contributed by atoms with van der Waals surface area (Å²) in [6, 6.07) is 18.1. The van der Waals surface area contributed by atoms with E-state index in [0.29, 0.717) is 39.6 Å². The normalized spacial score (nSPS) is 10.6. The van der Waals surface area contributed by atoms with Gasteiger partial charge in [-0.25, -0.2) is 5.43 Å². The van der Waals surface area contributed by atoms with Gasteiger partial charge in [0.05, 0.1) is 24.9 Å². The molecule has 0 saturated heterocycles. The number of carbonyl (C=O) groups is 2. The molecule has 3 aromatic carbocycles. The second-order valence-corrected chi connectivity index (χ2v) is 8.97. The zero-order valence-corrected chi connectivity index (χ0v) is 22.2. The van der Waals surface area contributed by atoms with E-state index < -0.39 is 11.8 Å². The second-order valence-electron chi connectivity index (χ2n) is 7.20. The van der Waals surface area contributed by atoms with Crippen molar-refractivity contribution in [3.8, 4) is 17.2 Å². The topological polar surface area (TPSA) is 98.2 Å². The van der Waals surface area contributed by atoms with Crippen LogP contribution in [0.2, 0.25) is 0 Å². The van der Waals surface area contributed by atoms with E-state index >= 15 is 0 Å². The largest absolute Gasteiger partial charge is 0.497 e. The Bertz CT molecular complexity index is 1200. The molecule has 0 radical (unpaired) electrons. The fraction of sp³-hybridized carbons (Fsp3) is 0.160. The number of hydrazone groups is 1. The van der Waals surface area contributed by atoms with Crippen molar-refractivity contribution in [2.75, 3.05) is 19.5 Å². The SMILES string of the molecule is COc1ccc(NC(=O)CC(=O)NN=Cc2cc(Br)c(OCc3ccc(Br)cc3)c(OC)c2)cc1. The van der Waals surface area contributed by atoms with Crippen molar-refractivity contribution in [3.05, 3.63) is 80.7 Å². The Kier molecular flexibility index (Phi) is 9.68. The van der Waals surface area contributed by atoms with Gasteiger partial charge in [-0.3, -0.25) is 9.59 Å². The fourth-order valence-electron chi connectivity index (χ4n) is 2.93. The second kappa shape index (κ2) is 12.9. The van der Waals surface area contributed by atoms with Crippen LogP contribution < -0.4 is 25.0 Å². The first-order chi connectivity index (χ1) is 16.9. The molecule has 0 spiro atoms. The van der Waals surface area contributed by atoms with Crippen LogP contribution in [0.4, 0.5) is 5.69 Å². The Labute approximate surface area is 219 Å². The van der Waals surface area contributed by atoms with E-state index in [1.54, 1.807) is 50.6 Å². The molecule has 2 amide bonds. The zero-order valence-electron chi connectivity index (χ0n) is 19.0. The highest BCUT2D eigenvalue weighted by Crippen LogP contribution is 2.37. The van der Waals surface area contributed by atoms with E-state index in [0.717, 1.165) is 10.0 Å². The van der Waals surface area contributed by atoms with Gasteiger partial charge in [-0.05, 0) is 75.6 Å². The van der Waals surface area contributed by atoms with Crippen LogP contribution in [-0.2, 0) is 16.2 Å². The average molecular weight is 605 g/mol. The summed E-state index contributed by atoms with van der Waals surface area (Å²) in [5.74, 6) is 0.713. The first-order valence-corrected chi connectivity index (χ1v) is 12.0. The number of halogens is 2. The minimum absolute atomic E-state index is 0.365. The summed E-state index contributed by atoms with van der Waals surface area (Å²) in [5, 5.41) is 6.57. The summed E-state index contributed by atoms with van der Waals surface area (Å²) in [6.45, 7) is 0.365. The molecule has 0 aliphatic heterocycles. The third-order valence-corrected chi connectivity index (χ3v) is 5.76. The monoisotopic (exact) mass is 603 g/mol. The van der Waals surface area contributed by atoms with Gasteiger partial charge in [0, 0.05) is 10.2 Å². The smallest absolute Gasteiger partial charge is 0.249 e. The van der Waals surface area contributed by atoms with E-state index in [9.17, 15) is 9.59 Å². The van der Waals surface area contributed by atoms with Crippen LogP contribution in [0.1, 0.15) is 17.5 Å². The summed E-state index contributed by atoms with van der Waals surface area (Å²) in [4.78, 5) is 24.1. The highest BCUT2D eigenvalue weighted by molar-refractivity contribution is 9.10. The summed E-state index contributed by atoms with van der Waals surface area (Å²) >= 11 is 6.91. The molecule has 0 unspecified atom stereocenters. The number of anilines is 1. The Hall–Kier alpha value is -3.37. The van der Waals surface area contributed by atoms with Crippen LogP contribution in [0.15, 0.2) is 74.7 Å². The number of nitrogens with zero attached hydrogens (tertiary/aromatic N) is 1. The number of hydrogen-bond acceptors (Lipinski definition) is 6. The van der Waals surface area contributed by atoms with E-state index in [-0.39, 0.29) is 6.42 Å². The minimum Gasteiger partial charge on any atom is -0.497 e. The lowest BCUT2D eigenvalue weighted by molar-refractivity contribution is -0.126. The fourth-order valence-corrected chi connectivity index (χ4v) is 3.77. The van der Waals surface area contributed by atoms with Crippen LogP contribution >= 0.6 is 31.9 Å². The van der Waals surface area contributed by atoms with Crippen molar-refractivity contribution < 1.29 is 23.8 Å². The van der Waals surface area contributed by atoms with Gasteiger partial charge in [0.15, 0.2) is 11.5 Å². The van der Waals surface area contributed by atoms with E-state index in [1.807, 2.05) is 24.3 Å². The van der Waals surface area contributed by atoms with Crippen LogP contribution in [0, 0.1) is 0 Å². The standard InChI is InChI=1S/C25H23Br2N3O5/c1-33-20-9-7-19(8-10-20)29-23(31)13-24(32)30-28-14-17-11-21(27)25(22(12-17)34-2)35-15-16-3-5-18(26)6-4-16/h3-12,14H,13,15H2,1-2H3,(H,29,31)(H,30,32). The minimum atomic E-state index is -0.548. The number of carbonyl (C=O) groups excluding carboxylic acids is 2. The number of nitrogens with one attached hydrogen (secondary N) is 2. The van der Waals surface area contributed by atoms with Crippen molar-refractivity contribution >= 4 is 55.6 Å². The molecule has 0 aliphatic carbocycles. The van der Waals surface area contributed by atoms with Gasteiger partial charge in [0.1, 0.15) is 18.8 Å². The molecule has 0 aromatic heterocycles. The molecule has 8 nitrogen and oxygen atoms in total. The van der Waals surface area contributed by atoms with Crippen molar-refractivity contribution in [1.82, 2.24) is 5.43 Å². The van der Waals surface area contributed by atoms with Gasteiger partial charge < -0.3 is 19.5 Å². The van der Waals surface area contributed by atoms with Crippen LogP contribution in [0.5, 0.6) is 17.2 Å². The summed E-state index contributed by atoms with van der Waals surface area (Å²) in [7, 11) is 3.10. The van der Waals surface area contributed by atoms with Gasteiger partial charge in [-0.2, -0.15) is 5.10 Å². The average Bonchev–Trinajstić information content (AvgIpc) is 2.84. The van der Waals surface area contributed by atoms with Gasteiger partial charge in [-0.1, -0.05) is 28.1 Å². The molecule has 10 heteroatoms. The lowest BCUT2D eigenvalue weighted by Crippen LogP contribution is -2.24. The summed E-state index contributed by atoms with van der Waals surface area (Å²) in [6.07, 6.45) is 1.07. The zero-order chi connectivity index (χ0) is 25.2. The number of methoxy groups -OCH3 is 2. The molecule has 0 heterocycles. The number of amides is 2. The number of hydrogen-bond donors (Lipinski definition) is 2. The highest BCUT2D eigenvalue weighted by atomic mass is 79.9. The number of benzene rings is 3. The molecule has 0 fully saturated rings. The third-order valence-electron chi connectivity index (χ3n) is 4.65. The first-order valence-electron chi connectivity index (χ1n) is 10.4. The first kappa shape index (κ1) is 26.2. The van der Waals surface area contributed by atoms with Gasteiger partial charge in [0.2, 0.25) is 11.8 Å². The van der Waals surface area contributed by atoms with Gasteiger partial charge in [-0.15, -0.1) is 0 Å². The summed E-state index contributed by atoms with van der Waals surface area (Å²) in [5.41, 5.74) is 4.57. The van der Waals surface area contributed by atoms with E-state index in [1.165, 1.54) is 6.21 Å². The lowest BCUT2D eigenvalue weighted by atomic mass is 10.2. The predicted molar refractivity (Wildman–Crippen MR) is 141 cm³/mol. The molecular formula is C25H23Br2N3O5. The van der Waals surface area contributed by atoms with Crippen molar-refractivity contribution in [1.29, 1.82) is 0 Å². The maximum absolute atomic E-state index is 12.1. The lowest BCUT2D eigenvalue weighted by Gasteiger charge is -2.13. The molecule has 2 N–H and O–H groups in total. The number of ether oxygens (including phenoxy) is 3. The maximum Gasteiger partial charge on any atom is 0.249 e. The highest BCUT2D eigenvalue weighted by Gasteiger charge is 2.12. The van der Waals surface area contributed by atoms with Crippen LogP contribution in [-0.4, -0.2) is 32.2 Å². The van der Waals surface area contributed by atoms with Crippen molar-refractivity contribution in [3.63, 3.8) is 0 Å². The number of rotatable bonds is 10. The van der Waals surface area contributed by atoms with Crippen molar-refractivity contribution in [2.45, 2.75) is 13.0 Å². The molecule has 35 heavy (non-hydrogen) atoms. The van der Waals surface area contributed by atoms with Crippen molar-refractivity contribution in [2.24, 2.45) is 5.10 Å². The Morgan fingerprint density at radius 1 is 0.943 bits per heavy atom. The predicted octanol–water partition coefficient (Wildman–Crippen LogP) is 5.29. The summed E-state index contributed by atoms with van der Waals surface area (Å²) < 4.78 is 18.1. The Balaban J connectivity index is 1.54. The molecule has 182 valence electrons. The quantitative estimate of drug-likeness (QED) is 0.186. The molecule has 0 saturated carbocycles. The Morgan fingerprint density at radius 3 is 2.31 bits per heavy atom.